The topological polar surface area (TPSA) is 73.6 Å². The highest BCUT2D eigenvalue weighted by Gasteiger charge is 2.45. The molecule has 1 aromatic rings. The predicted octanol–water partition coefficient (Wildman–Crippen LogP) is 2.83. The lowest BCUT2D eigenvalue weighted by Gasteiger charge is -2.42. The van der Waals surface area contributed by atoms with Crippen molar-refractivity contribution in [1.82, 2.24) is 14.5 Å². The summed E-state index contributed by atoms with van der Waals surface area (Å²) < 4.78 is 8.33. The Morgan fingerprint density at radius 1 is 1.32 bits per heavy atom. The van der Waals surface area contributed by atoms with Crippen LogP contribution < -0.4 is 5.43 Å². The van der Waals surface area contributed by atoms with E-state index in [1.165, 1.54) is 0 Å². The van der Waals surface area contributed by atoms with Crippen molar-refractivity contribution in [2.45, 2.75) is 51.3 Å². The van der Waals surface area contributed by atoms with Crippen molar-refractivity contribution in [3.8, 4) is 0 Å². The molecule has 0 saturated carbocycles. The number of carbonyl (C=O) groups is 1. The smallest absolute Gasteiger partial charge is 0.410 e. The molecule has 0 spiro atoms. The Morgan fingerprint density at radius 2 is 1.92 bits per heavy atom. The lowest BCUT2D eigenvalue weighted by molar-refractivity contribution is 0.00276. The van der Waals surface area contributed by atoms with Crippen LogP contribution in [-0.4, -0.2) is 64.2 Å². The molecule has 1 amide bonds. The first-order chi connectivity index (χ1) is 11.7. The van der Waals surface area contributed by atoms with E-state index in [1.54, 1.807) is 0 Å². The zero-order valence-corrected chi connectivity index (χ0v) is 16.8. The van der Waals surface area contributed by atoms with E-state index >= 15 is 0 Å². The summed E-state index contributed by atoms with van der Waals surface area (Å²) in [4.78, 5) is 16.5. The van der Waals surface area contributed by atoms with E-state index in [1.807, 2.05) is 49.7 Å². The van der Waals surface area contributed by atoms with Gasteiger partial charge in [0.2, 0.25) is 0 Å². The number of nitrogens with zero attached hydrogens (tertiary/aromatic N) is 3. The molecule has 2 fully saturated rings. The number of nitrogens with one attached hydrogen (secondary N) is 2. The van der Waals surface area contributed by atoms with Gasteiger partial charge >= 0.3 is 6.09 Å². The first-order valence-corrected chi connectivity index (χ1v) is 9.39. The second-order valence-electron chi connectivity index (χ2n) is 7.66. The molecule has 2 atom stereocenters. The lowest BCUT2D eigenvalue weighted by atomic mass is 10.1. The van der Waals surface area contributed by atoms with Crippen LogP contribution in [0.1, 0.15) is 39.3 Å². The van der Waals surface area contributed by atoms with Gasteiger partial charge in [0, 0.05) is 30.8 Å². The summed E-state index contributed by atoms with van der Waals surface area (Å²) in [6.07, 6.45) is 3.59. The highest BCUT2D eigenvalue weighted by molar-refractivity contribution is 9.10. The molecule has 0 aliphatic carbocycles. The Labute approximate surface area is 156 Å². The Hall–Kier alpha value is -1.70. The van der Waals surface area contributed by atoms with E-state index < -0.39 is 5.60 Å². The summed E-state index contributed by atoms with van der Waals surface area (Å²) in [5, 5.41) is 8.62. The maximum atomic E-state index is 12.5. The average Bonchev–Trinajstić information content (AvgIpc) is 3.02. The first kappa shape index (κ1) is 18.1. The van der Waals surface area contributed by atoms with Gasteiger partial charge < -0.3 is 15.1 Å². The molecule has 25 heavy (non-hydrogen) atoms. The summed E-state index contributed by atoms with van der Waals surface area (Å²) in [6, 6.07) is 2.15. The van der Waals surface area contributed by atoms with Crippen LogP contribution in [0.4, 0.5) is 4.79 Å². The summed E-state index contributed by atoms with van der Waals surface area (Å²) in [5.74, 6) is 0.473. The second kappa shape index (κ2) is 6.55. The zero-order valence-electron chi connectivity index (χ0n) is 15.2. The molecule has 2 aliphatic rings. The highest BCUT2D eigenvalue weighted by Crippen LogP contribution is 2.32. The van der Waals surface area contributed by atoms with Crippen LogP contribution in [0.15, 0.2) is 16.7 Å². The summed E-state index contributed by atoms with van der Waals surface area (Å²) in [6.45, 7) is 7.01. The van der Waals surface area contributed by atoms with Crippen LogP contribution in [0.5, 0.6) is 0 Å². The molecule has 3 heterocycles. The van der Waals surface area contributed by atoms with E-state index in [0.717, 1.165) is 23.0 Å². The van der Waals surface area contributed by atoms with E-state index in [0.29, 0.717) is 18.9 Å². The quantitative estimate of drug-likeness (QED) is 0.579. The Kier molecular flexibility index (Phi) is 4.74. The number of piperazine rings is 1. The van der Waals surface area contributed by atoms with Crippen molar-refractivity contribution in [2.75, 3.05) is 25.6 Å². The maximum absolute atomic E-state index is 12.5. The number of aromatic nitrogens is 1. The number of amides is 1. The molecular weight excluding hydrogens is 386 g/mol. The van der Waals surface area contributed by atoms with Gasteiger partial charge in [-0.3, -0.25) is 15.0 Å². The van der Waals surface area contributed by atoms with Crippen molar-refractivity contribution in [1.29, 1.82) is 5.41 Å². The van der Waals surface area contributed by atoms with Gasteiger partial charge in [-0.1, -0.05) is 0 Å². The molecule has 0 aromatic carbocycles. The molecule has 8 heteroatoms. The largest absolute Gasteiger partial charge is 0.444 e. The minimum absolute atomic E-state index is 0.107. The normalized spacial score (nSPS) is 22.9. The summed E-state index contributed by atoms with van der Waals surface area (Å²) in [7, 11) is 1.83. The Morgan fingerprint density at radius 3 is 2.44 bits per heavy atom. The molecule has 1 aromatic heterocycles. The Balaban J connectivity index is 1.73. The van der Waals surface area contributed by atoms with Crippen LogP contribution >= 0.6 is 15.9 Å². The van der Waals surface area contributed by atoms with Crippen LogP contribution in [0.25, 0.3) is 0 Å². The monoisotopic (exact) mass is 411 g/mol. The number of hydrogen-bond donors (Lipinski definition) is 2. The van der Waals surface area contributed by atoms with Crippen molar-refractivity contribution < 1.29 is 9.53 Å². The van der Waals surface area contributed by atoms with Gasteiger partial charge in [0.1, 0.15) is 17.1 Å². The second-order valence-corrected chi connectivity index (χ2v) is 8.58. The van der Waals surface area contributed by atoms with Gasteiger partial charge in [0.25, 0.3) is 0 Å². The minimum atomic E-state index is -0.486. The molecule has 2 bridgehead atoms. The molecule has 0 radical (unpaired) electrons. The molecule has 7 nitrogen and oxygen atoms in total. The van der Waals surface area contributed by atoms with Crippen LogP contribution in [0.3, 0.4) is 0 Å². The van der Waals surface area contributed by atoms with E-state index in [4.69, 9.17) is 10.1 Å². The fraction of sp³-hybridized carbons (Fsp3) is 0.647. The molecule has 138 valence electrons. The number of halogens is 1. The number of rotatable bonds is 2. The van der Waals surface area contributed by atoms with Crippen LogP contribution in [0, 0.1) is 5.41 Å². The predicted molar refractivity (Wildman–Crippen MR) is 101 cm³/mol. The standard InChI is InChI=1S/C17H26BrN5O2/c1-17(2,3)25-16(24)23-12-5-6-13(23)10-21(9-12)15(19)14-7-11(18)8-22(14)20-4/h7-8,12-13,19-20H,5-6,9-10H2,1-4H3. The van der Waals surface area contributed by atoms with Crippen molar-refractivity contribution in [3.63, 3.8) is 0 Å². The van der Waals surface area contributed by atoms with Gasteiger partial charge in [0.15, 0.2) is 0 Å². The van der Waals surface area contributed by atoms with E-state index in [9.17, 15) is 4.79 Å². The Bertz CT molecular complexity index is 667. The van der Waals surface area contributed by atoms with Crippen molar-refractivity contribution in [3.05, 3.63) is 22.4 Å². The van der Waals surface area contributed by atoms with Gasteiger partial charge in [0.05, 0.1) is 12.1 Å². The molecular formula is C17H26BrN5O2. The van der Waals surface area contributed by atoms with Gasteiger partial charge in [-0.15, -0.1) is 0 Å². The SMILES string of the molecule is CNn1cc(Br)cc1C(=N)N1CC2CCC(C1)N2C(=O)OC(C)(C)C. The van der Waals surface area contributed by atoms with Gasteiger partial charge in [-0.05, 0) is 55.6 Å². The fourth-order valence-electron chi connectivity index (χ4n) is 3.66. The van der Waals surface area contributed by atoms with Crippen LogP contribution in [-0.2, 0) is 4.74 Å². The minimum Gasteiger partial charge on any atom is -0.444 e. The maximum Gasteiger partial charge on any atom is 0.410 e. The number of amidine groups is 1. The number of hydrogen-bond acceptors (Lipinski definition) is 4. The third kappa shape index (κ3) is 3.63. The third-order valence-corrected chi connectivity index (χ3v) is 5.11. The molecule has 2 N–H and O–H groups in total. The number of carbonyl (C=O) groups excluding carboxylic acids is 1. The number of likely N-dealkylation sites (tertiary alicyclic amines) is 1. The van der Waals surface area contributed by atoms with Gasteiger partial charge in [-0.2, -0.15) is 0 Å². The molecule has 2 aliphatic heterocycles. The lowest BCUT2D eigenvalue weighted by Crippen LogP contribution is -2.58. The van der Waals surface area contributed by atoms with E-state index in [2.05, 4.69) is 26.3 Å². The number of fused-ring (bicyclic) bond motifs is 2. The van der Waals surface area contributed by atoms with Crippen molar-refractivity contribution >= 4 is 27.9 Å². The molecule has 2 saturated heterocycles. The highest BCUT2D eigenvalue weighted by atomic mass is 79.9. The average molecular weight is 412 g/mol. The first-order valence-electron chi connectivity index (χ1n) is 8.60. The van der Waals surface area contributed by atoms with E-state index in [-0.39, 0.29) is 18.2 Å². The summed E-state index contributed by atoms with van der Waals surface area (Å²) in [5.41, 5.74) is 3.38. The molecule has 3 rings (SSSR count). The zero-order chi connectivity index (χ0) is 18.4. The molecule has 2 unspecified atom stereocenters. The van der Waals surface area contributed by atoms with Gasteiger partial charge in [-0.25, -0.2) is 4.79 Å². The summed E-state index contributed by atoms with van der Waals surface area (Å²) >= 11 is 3.46. The third-order valence-electron chi connectivity index (χ3n) is 4.67. The van der Waals surface area contributed by atoms with Crippen LogP contribution in [0.2, 0.25) is 0 Å². The van der Waals surface area contributed by atoms with Crippen molar-refractivity contribution in [2.24, 2.45) is 0 Å². The number of ether oxygens (including phenoxy) is 1. The fourth-order valence-corrected chi connectivity index (χ4v) is 4.08.